The highest BCUT2D eigenvalue weighted by Gasteiger charge is 2.33. The number of carboxylic acids is 1. The van der Waals surface area contributed by atoms with E-state index in [1.54, 1.807) is 24.4 Å². The second-order valence-corrected chi connectivity index (χ2v) is 10.1. The summed E-state index contributed by atoms with van der Waals surface area (Å²) in [6, 6.07) is 9.94. The van der Waals surface area contributed by atoms with Crippen molar-refractivity contribution in [1.82, 2.24) is 14.8 Å². The van der Waals surface area contributed by atoms with E-state index in [0.717, 1.165) is 31.3 Å². The first-order valence-corrected chi connectivity index (χ1v) is 12.4. The molecule has 33 heavy (non-hydrogen) atoms. The topological polar surface area (TPSA) is 78.3 Å². The van der Waals surface area contributed by atoms with Gasteiger partial charge in [-0.25, -0.2) is 0 Å². The molecule has 4 rings (SSSR count). The molecule has 0 aliphatic carbocycles. The highest BCUT2D eigenvalue weighted by Crippen LogP contribution is 2.37. The first-order chi connectivity index (χ1) is 15.9. The van der Waals surface area contributed by atoms with E-state index in [0.29, 0.717) is 40.3 Å². The molecule has 1 aromatic carbocycles. The number of amidine groups is 1. The van der Waals surface area contributed by atoms with Gasteiger partial charge in [0, 0.05) is 44.1 Å². The molecule has 0 radical (unpaired) electrons. The fourth-order valence-electron chi connectivity index (χ4n) is 4.43. The molecule has 176 valence electrons. The van der Waals surface area contributed by atoms with E-state index in [9.17, 15) is 4.79 Å². The zero-order valence-corrected chi connectivity index (χ0v) is 20.4. The van der Waals surface area contributed by atoms with E-state index < -0.39 is 5.97 Å². The maximum Gasteiger partial charge on any atom is 0.307 e. The highest BCUT2D eigenvalue weighted by atomic mass is 35.5. The third kappa shape index (κ3) is 5.99. The van der Waals surface area contributed by atoms with Crippen molar-refractivity contribution in [3.05, 3.63) is 58.9 Å². The van der Waals surface area contributed by atoms with Gasteiger partial charge < -0.3 is 14.7 Å². The lowest BCUT2D eigenvalue weighted by molar-refractivity contribution is -0.136. The molecule has 1 saturated heterocycles. The normalized spacial score (nSPS) is 23.4. The summed E-state index contributed by atoms with van der Waals surface area (Å²) in [5, 5.41) is 11.0. The van der Waals surface area contributed by atoms with Gasteiger partial charge in [0.1, 0.15) is 12.4 Å². The van der Waals surface area contributed by atoms with Crippen LogP contribution in [0.1, 0.15) is 30.2 Å². The summed E-state index contributed by atoms with van der Waals surface area (Å²) in [6.45, 7) is 8.38. The smallest absolute Gasteiger partial charge is 0.307 e. The Morgan fingerprint density at radius 3 is 2.76 bits per heavy atom. The predicted octanol–water partition coefficient (Wildman–Crippen LogP) is 3.98. The Morgan fingerprint density at radius 1 is 1.27 bits per heavy atom. The number of aliphatic carboxylic acids is 1. The molecule has 9 heteroatoms. The van der Waals surface area contributed by atoms with Gasteiger partial charge in [-0.3, -0.25) is 19.7 Å². The summed E-state index contributed by atoms with van der Waals surface area (Å²) < 4.78 is 5.93. The SMILES string of the molecule is C[C@@H]1CN(C2=NCC(c3cccnc3)S2)C[C@H](C)N1CCOc1cc(CC(=O)O)ccc1Cl. The van der Waals surface area contributed by atoms with Gasteiger partial charge >= 0.3 is 5.97 Å². The van der Waals surface area contributed by atoms with Gasteiger partial charge in [0.05, 0.1) is 23.2 Å². The molecule has 2 aliphatic heterocycles. The number of carboxylic acid groups (broad SMARTS) is 1. The van der Waals surface area contributed by atoms with Gasteiger partial charge in [0.25, 0.3) is 0 Å². The zero-order valence-electron chi connectivity index (χ0n) is 18.9. The molecule has 2 aliphatic rings. The van der Waals surface area contributed by atoms with Crippen molar-refractivity contribution < 1.29 is 14.6 Å². The molecular weight excluding hydrogens is 460 g/mol. The summed E-state index contributed by atoms with van der Waals surface area (Å²) in [6.07, 6.45) is 3.69. The lowest BCUT2D eigenvalue weighted by atomic mass is 10.1. The second kappa shape index (κ2) is 10.8. The Kier molecular flexibility index (Phi) is 7.78. The number of pyridine rings is 1. The molecule has 0 saturated carbocycles. The molecule has 1 aromatic heterocycles. The molecule has 0 bridgehead atoms. The first kappa shape index (κ1) is 23.9. The van der Waals surface area contributed by atoms with Crippen LogP contribution in [0.4, 0.5) is 0 Å². The minimum atomic E-state index is -0.874. The number of hydrogen-bond acceptors (Lipinski definition) is 7. The van der Waals surface area contributed by atoms with Crippen LogP contribution in [0.25, 0.3) is 0 Å². The van der Waals surface area contributed by atoms with E-state index in [4.69, 9.17) is 26.4 Å². The minimum Gasteiger partial charge on any atom is -0.491 e. The van der Waals surface area contributed by atoms with Gasteiger partial charge in [-0.05, 0) is 43.2 Å². The summed E-state index contributed by atoms with van der Waals surface area (Å²) in [4.78, 5) is 24.9. The van der Waals surface area contributed by atoms with E-state index in [2.05, 4.69) is 34.7 Å². The van der Waals surface area contributed by atoms with Crippen LogP contribution in [0.2, 0.25) is 5.02 Å². The van der Waals surface area contributed by atoms with Gasteiger partial charge in [-0.1, -0.05) is 35.5 Å². The Hall–Kier alpha value is -2.29. The van der Waals surface area contributed by atoms with Crippen LogP contribution in [-0.4, -0.2) is 75.9 Å². The van der Waals surface area contributed by atoms with Crippen LogP contribution in [0.5, 0.6) is 5.75 Å². The summed E-state index contributed by atoms with van der Waals surface area (Å²) >= 11 is 8.08. The average Bonchev–Trinajstić information content (AvgIpc) is 3.28. The fraction of sp³-hybridized carbons (Fsp3) is 0.458. The number of halogens is 1. The lowest BCUT2D eigenvalue weighted by Gasteiger charge is -2.45. The van der Waals surface area contributed by atoms with E-state index >= 15 is 0 Å². The summed E-state index contributed by atoms with van der Waals surface area (Å²) in [5.74, 6) is -0.340. The third-order valence-corrected chi connectivity index (χ3v) is 7.64. The van der Waals surface area contributed by atoms with Crippen LogP contribution in [-0.2, 0) is 11.2 Å². The predicted molar refractivity (Wildman–Crippen MR) is 132 cm³/mol. The van der Waals surface area contributed by atoms with Crippen LogP contribution in [0, 0.1) is 0 Å². The van der Waals surface area contributed by atoms with Crippen molar-refractivity contribution in [1.29, 1.82) is 0 Å². The molecule has 2 aromatic rings. The molecule has 1 N–H and O–H groups in total. The van der Waals surface area contributed by atoms with E-state index in [1.165, 1.54) is 5.56 Å². The Balaban J connectivity index is 1.29. The molecule has 1 fully saturated rings. The van der Waals surface area contributed by atoms with Crippen LogP contribution >= 0.6 is 23.4 Å². The Bertz CT molecular complexity index is 994. The van der Waals surface area contributed by atoms with Crippen molar-refractivity contribution in [2.24, 2.45) is 4.99 Å². The van der Waals surface area contributed by atoms with E-state index in [1.807, 2.05) is 24.0 Å². The Morgan fingerprint density at radius 2 is 2.06 bits per heavy atom. The van der Waals surface area contributed by atoms with Crippen LogP contribution in [0.3, 0.4) is 0 Å². The quantitative estimate of drug-likeness (QED) is 0.631. The maximum absolute atomic E-state index is 11.0. The number of aliphatic imine (C=N–C) groups is 1. The number of thioether (sulfide) groups is 1. The standard InChI is InChI=1S/C24H29ClN4O3S/c1-16-14-28(24-27-13-22(33-24)19-4-3-7-26-12-19)15-17(2)29(16)8-9-32-21-10-18(11-23(30)31)5-6-20(21)25/h3-7,10,12,16-17,22H,8-9,11,13-15H2,1-2H3,(H,30,31)/t16-,17+,22?. The highest BCUT2D eigenvalue weighted by molar-refractivity contribution is 8.14. The van der Waals surface area contributed by atoms with Crippen molar-refractivity contribution in [2.45, 2.75) is 37.6 Å². The summed E-state index contributed by atoms with van der Waals surface area (Å²) in [7, 11) is 0. The molecular formula is C24H29ClN4O3S. The second-order valence-electron chi connectivity index (χ2n) is 8.54. The minimum absolute atomic E-state index is 0.0485. The molecule has 1 unspecified atom stereocenters. The molecule has 0 amide bonds. The van der Waals surface area contributed by atoms with Gasteiger partial charge in [0.15, 0.2) is 5.17 Å². The molecule has 0 spiro atoms. The number of carbonyl (C=O) groups is 1. The number of rotatable bonds is 7. The largest absolute Gasteiger partial charge is 0.491 e. The Labute approximate surface area is 203 Å². The first-order valence-electron chi connectivity index (χ1n) is 11.2. The van der Waals surface area contributed by atoms with Gasteiger partial charge in [-0.2, -0.15) is 0 Å². The number of benzene rings is 1. The fourth-order valence-corrected chi connectivity index (χ4v) is 5.73. The number of nitrogens with zero attached hydrogens (tertiary/aromatic N) is 4. The van der Waals surface area contributed by atoms with Crippen molar-refractivity contribution >= 4 is 34.5 Å². The van der Waals surface area contributed by atoms with Crippen molar-refractivity contribution in [2.75, 3.05) is 32.8 Å². The average molecular weight is 489 g/mol. The maximum atomic E-state index is 11.0. The summed E-state index contributed by atoms with van der Waals surface area (Å²) in [5.41, 5.74) is 1.90. The van der Waals surface area contributed by atoms with Crippen LogP contribution in [0.15, 0.2) is 47.7 Å². The number of aromatic nitrogens is 1. The van der Waals surface area contributed by atoms with Gasteiger partial charge in [-0.15, -0.1) is 0 Å². The monoisotopic (exact) mass is 488 g/mol. The van der Waals surface area contributed by atoms with E-state index in [-0.39, 0.29) is 6.42 Å². The molecule has 3 atom stereocenters. The number of ether oxygens (including phenoxy) is 1. The third-order valence-electron chi connectivity index (χ3n) is 6.03. The number of piperazine rings is 1. The van der Waals surface area contributed by atoms with Gasteiger partial charge in [0.2, 0.25) is 0 Å². The van der Waals surface area contributed by atoms with Crippen LogP contribution < -0.4 is 4.74 Å². The molecule has 3 heterocycles. The van der Waals surface area contributed by atoms with Crippen molar-refractivity contribution in [3.63, 3.8) is 0 Å². The zero-order chi connectivity index (χ0) is 23.4. The van der Waals surface area contributed by atoms with Crippen molar-refractivity contribution in [3.8, 4) is 5.75 Å². The lowest BCUT2D eigenvalue weighted by Crippen LogP contribution is -2.58. The number of hydrogen-bond donors (Lipinski definition) is 1. The molecule has 7 nitrogen and oxygen atoms in total.